The number of nitrogens with one attached hydrogen (secondary N) is 2. The molecule has 0 aliphatic carbocycles. The summed E-state index contributed by atoms with van der Waals surface area (Å²) in [6.45, 7) is 0. The Kier molecular flexibility index (Phi) is 5.92. The lowest BCUT2D eigenvalue weighted by molar-refractivity contribution is -0.116. The number of benzene rings is 2. The van der Waals surface area contributed by atoms with Gasteiger partial charge in [0, 0.05) is 11.8 Å². The Bertz CT molecular complexity index is 992. The second-order valence-electron chi connectivity index (χ2n) is 5.68. The number of nitrogens with zero attached hydrogens (tertiary/aromatic N) is 2. The molecule has 0 spiro atoms. The van der Waals surface area contributed by atoms with Crippen LogP contribution in [-0.4, -0.2) is 16.8 Å². The molecule has 0 saturated heterocycles. The summed E-state index contributed by atoms with van der Waals surface area (Å²) in [7, 11) is 0. The lowest BCUT2D eigenvalue weighted by Crippen LogP contribution is -2.15. The summed E-state index contributed by atoms with van der Waals surface area (Å²) in [5, 5.41) is 16.4. The second-order valence-corrected chi connectivity index (χ2v) is 6.54. The largest absolute Gasteiger partial charge is 0.319 e. The van der Waals surface area contributed by atoms with Crippen molar-refractivity contribution < 1.29 is 9.59 Å². The third kappa shape index (κ3) is 5.00. The zero-order chi connectivity index (χ0) is 19.1. The quantitative estimate of drug-likeness (QED) is 0.683. The third-order valence-electron chi connectivity index (χ3n) is 3.76. The molecule has 3 rings (SSSR count). The van der Waals surface area contributed by atoms with Gasteiger partial charge in [-0.2, -0.15) is 5.26 Å². The Hall–Kier alpha value is -3.50. The maximum absolute atomic E-state index is 12.3. The minimum Gasteiger partial charge on any atom is -0.319 e. The molecule has 0 bridgehead atoms. The number of amides is 2. The number of para-hydroxylation sites is 1. The van der Waals surface area contributed by atoms with Crippen molar-refractivity contribution in [3.63, 3.8) is 0 Å². The molecule has 2 aromatic carbocycles. The predicted molar refractivity (Wildman–Crippen MR) is 105 cm³/mol. The molecule has 27 heavy (non-hydrogen) atoms. The van der Waals surface area contributed by atoms with Gasteiger partial charge in [-0.15, -0.1) is 11.3 Å². The van der Waals surface area contributed by atoms with Crippen molar-refractivity contribution in [2.45, 2.75) is 12.8 Å². The van der Waals surface area contributed by atoms with Gasteiger partial charge in [0.15, 0.2) is 5.13 Å². The molecule has 2 N–H and O–H groups in total. The molecule has 2 amide bonds. The van der Waals surface area contributed by atoms with Crippen LogP contribution in [0.25, 0.3) is 0 Å². The van der Waals surface area contributed by atoms with Gasteiger partial charge in [0.25, 0.3) is 5.91 Å². The fourth-order valence-electron chi connectivity index (χ4n) is 2.40. The molecule has 0 aliphatic rings. The molecule has 0 aliphatic heterocycles. The highest BCUT2D eigenvalue weighted by molar-refractivity contribution is 7.14. The van der Waals surface area contributed by atoms with Gasteiger partial charge < -0.3 is 10.6 Å². The van der Waals surface area contributed by atoms with Crippen LogP contribution in [0.4, 0.5) is 10.8 Å². The van der Waals surface area contributed by atoms with Gasteiger partial charge in [0.05, 0.1) is 11.3 Å². The van der Waals surface area contributed by atoms with Crippen molar-refractivity contribution in [3.8, 4) is 6.07 Å². The number of hydrogen-bond acceptors (Lipinski definition) is 5. The molecule has 0 saturated carbocycles. The first kappa shape index (κ1) is 18.3. The van der Waals surface area contributed by atoms with E-state index < -0.39 is 5.91 Å². The molecule has 0 unspecified atom stereocenters. The third-order valence-corrected chi connectivity index (χ3v) is 4.52. The molecular formula is C20H16N4O2S. The first-order valence-corrected chi connectivity index (χ1v) is 9.13. The number of carbonyl (C=O) groups is 2. The van der Waals surface area contributed by atoms with Crippen LogP contribution < -0.4 is 10.6 Å². The topological polar surface area (TPSA) is 94.9 Å². The number of aryl methyl sites for hydroxylation is 1. The van der Waals surface area contributed by atoms with Gasteiger partial charge in [-0.3, -0.25) is 9.59 Å². The lowest BCUT2D eigenvalue weighted by atomic mass is 10.1. The van der Waals surface area contributed by atoms with Crippen LogP contribution in [0.1, 0.15) is 28.0 Å². The summed E-state index contributed by atoms with van der Waals surface area (Å²) in [4.78, 5) is 28.5. The fourth-order valence-corrected chi connectivity index (χ4v) is 3.10. The van der Waals surface area contributed by atoms with Crippen molar-refractivity contribution in [2.24, 2.45) is 0 Å². The molecule has 7 heteroatoms. The number of hydrogen-bond donors (Lipinski definition) is 2. The van der Waals surface area contributed by atoms with Gasteiger partial charge in [-0.05, 0) is 24.1 Å². The van der Waals surface area contributed by atoms with E-state index in [1.807, 2.05) is 36.4 Å². The van der Waals surface area contributed by atoms with E-state index in [4.69, 9.17) is 5.26 Å². The highest BCUT2D eigenvalue weighted by atomic mass is 32.1. The van der Waals surface area contributed by atoms with E-state index in [0.717, 1.165) is 5.56 Å². The molecular weight excluding hydrogens is 360 g/mol. The summed E-state index contributed by atoms with van der Waals surface area (Å²) >= 11 is 1.18. The van der Waals surface area contributed by atoms with Crippen molar-refractivity contribution in [1.29, 1.82) is 5.26 Å². The van der Waals surface area contributed by atoms with Gasteiger partial charge in [0.2, 0.25) is 5.91 Å². The Morgan fingerprint density at radius 1 is 1.04 bits per heavy atom. The van der Waals surface area contributed by atoms with Crippen molar-refractivity contribution in [1.82, 2.24) is 4.98 Å². The van der Waals surface area contributed by atoms with Crippen LogP contribution in [0.15, 0.2) is 60.0 Å². The maximum Gasteiger partial charge on any atom is 0.275 e. The highest BCUT2D eigenvalue weighted by Crippen LogP contribution is 2.19. The van der Waals surface area contributed by atoms with Crippen LogP contribution in [0, 0.1) is 11.3 Å². The van der Waals surface area contributed by atoms with E-state index in [-0.39, 0.29) is 11.6 Å². The van der Waals surface area contributed by atoms with Crippen LogP contribution in [0.3, 0.4) is 0 Å². The predicted octanol–water partition coefficient (Wildman–Crippen LogP) is 3.84. The average Bonchev–Trinajstić information content (AvgIpc) is 3.16. The minimum absolute atomic E-state index is 0.157. The molecule has 3 aromatic rings. The van der Waals surface area contributed by atoms with Crippen LogP contribution in [0.2, 0.25) is 0 Å². The zero-order valence-corrected chi connectivity index (χ0v) is 15.1. The monoisotopic (exact) mass is 376 g/mol. The number of nitriles is 1. The van der Waals surface area contributed by atoms with Crippen LogP contribution in [0.5, 0.6) is 0 Å². The zero-order valence-electron chi connectivity index (χ0n) is 14.3. The smallest absolute Gasteiger partial charge is 0.275 e. The van der Waals surface area contributed by atoms with E-state index in [9.17, 15) is 9.59 Å². The summed E-state index contributed by atoms with van der Waals surface area (Å²) in [5.74, 6) is -0.589. The van der Waals surface area contributed by atoms with E-state index >= 15 is 0 Å². The van der Waals surface area contributed by atoms with Gasteiger partial charge >= 0.3 is 0 Å². The fraction of sp³-hybridized carbons (Fsp3) is 0.100. The maximum atomic E-state index is 12.3. The number of thiazole rings is 1. The lowest BCUT2D eigenvalue weighted by Gasteiger charge is -2.04. The molecule has 134 valence electrons. The minimum atomic E-state index is -0.432. The van der Waals surface area contributed by atoms with E-state index in [2.05, 4.69) is 15.6 Å². The Labute approximate surface area is 160 Å². The molecule has 0 radical (unpaired) electrons. The van der Waals surface area contributed by atoms with Crippen molar-refractivity contribution in [3.05, 3.63) is 76.8 Å². The van der Waals surface area contributed by atoms with Gasteiger partial charge in [0.1, 0.15) is 11.8 Å². The molecule has 0 fully saturated rings. The SMILES string of the molecule is N#Cc1ccccc1NC(=O)c1csc(NC(=O)CCc2ccccc2)n1. The molecule has 1 heterocycles. The van der Waals surface area contributed by atoms with E-state index in [1.165, 1.54) is 11.3 Å². The van der Waals surface area contributed by atoms with Crippen LogP contribution in [-0.2, 0) is 11.2 Å². The summed E-state index contributed by atoms with van der Waals surface area (Å²) < 4.78 is 0. The van der Waals surface area contributed by atoms with Crippen LogP contribution >= 0.6 is 11.3 Å². The summed E-state index contributed by atoms with van der Waals surface area (Å²) in [6, 6.07) is 18.5. The first-order chi connectivity index (χ1) is 13.2. The number of anilines is 2. The molecule has 6 nitrogen and oxygen atoms in total. The van der Waals surface area contributed by atoms with Gasteiger partial charge in [-0.25, -0.2) is 4.98 Å². The number of aromatic nitrogens is 1. The normalized spacial score (nSPS) is 10.0. The summed E-state index contributed by atoms with van der Waals surface area (Å²) in [5.41, 5.74) is 2.07. The molecule has 1 aromatic heterocycles. The standard InChI is InChI=1S/C20H16N4O2S/c21-12-15-8-4-5-9-16(15)22-19(26)17-13-27-20(23-17)24-18(25)11-10-14-6-2-1-3-7-14/h1-9,13H,10-11H2,(H,22,26)(H,23,24,25). The second kappa shape index (κ2) is 8.74. The van der Waals surface area contributed by atoms with E-state index in [1.54, 1.807) is 29.6 Å². The Morgan fingerprint density at radius 3 is 2.56 bits per heavy atom. The number of carbonyl (C=O) groups excluding carboxylic acids is 2. The van der Waals surface area contributed by atoms with Crippen molar-refractivity contribution >= 4 is 34.0 Å². The summed E-state index contributed by atoms with van der Waals surface area (Å²) in [6.07, 6.45) is 0.969. The van der Waals surface area contributed by atoms with Crippen molar-refractivity contribution in [2.75, 3.05) is 10.6 Å². The Morgan fingerprint density at radius 2 is 1.78 bits per heavy atom. The average molecular weight is 376 g/mol. The molecule has 0 atom stereocenters. The first-order valence-electron chi connectivity index (χ1n) is 8.25. The van der Waals surface area contributed by atoms with Gasteiger partial charge in [-0.1, -0.05) is 42.5 Å². The number of rotatable bonds is 6. The van der Waals surface area contributed by atoms with E-state index in [0.29, 0.717) is 29.2 Å². The highest BCUT2D eigenvalue weighted by Gasteiger charge is 2.14. The Balaban J connectivity index is 1.57.